The van der Waals surface area contributed by atoms with E-state index in [0.29, 0.717) is 11.1 Å². The van der Waals surface area contributed by atoms with Gasteiger partial charge in [0, 0.05) is 23.4 Å². The van der Waals surface area contributed by atoms with Gasteiger partial charge in [-0.05, 0) is 61.6 Å². The minimum atomic E-state index is -1.43. The number of piperidine rings is 1. The van der Waals surface area contributed by atoms with Gasteiger partial charge in [0.25, 0.3) is 23.6 Å². The Kier molecular flexibility index (Phi) is 5.60. The van der Waals surface area contributed by atoms with Crippen molar-refractivity contribution in [3.8, 4) is 0 Å². The van der Waals surface area contributed by atoms with Gasteiger partial charge in [0.05, 0.1) is 11.1 Å². The molecule has 1 atom stereocenters. The Balaban J connectivity index is 1.51. The first kappa shape index (κ1) is 21.8. The number of amides is 5. The van der Waals surface area contributed by atoms with Gasteiger partial charge in [0.15, 0.2) is 0 Å². The van der Waals surface area contributed by atoms with E-state index in [-0.39, 0.29) is 36.4 Å². The Morgan fingerprint density at radius 2 is 1.75 bits per heavy atom. The number of nitrogens with zero attached hydrogens (tertiary/aromatic N) is 1. The van der Waals surface area contributed by atoms with Crippen LogP contribution in [0.2, 0.25) is 0 Å². The highest BCUT2D eigenvalue weighted by Crippen LogP contribution is 2.34. The Morgan fingerprint density at radius 3 is 2.41 bits per heavy atom. The van der Waals surface area contributed by atoms with E-state index in [1.54, 1.807) is 36.0 Å². The van der Waals surface area contributed by atoms with Crippen molar-refractivity contribution in [2.75, 3.05) is 6.26 Å². The van der Waals surface area contributed by atoms with Gasteiger partial charge in [0.1, 0.15) is 5.54 Å². The molecule has 0 aliphatic carbocycles. The summed E-state index contributed by atoms with van der Waals surface area (Å²) >= 11 is 1.58. The van der Waals surface area contributed by atoms with E-state index in [1.807, 2.05) is 18.4 Å². The fraction of sp³-hybridized carbons (Fsp3) is 0.261. The zero-order valence-electron chi connectivity index (χ0n) is 17.6. The number of hydrogen-bond acceptors (Lipinski definition) is 6. The minimum Gasteiger partial charge on any atom is -0.348 e. The van der Waals surface area contributed by atoms with E-state index in [9.17, 15) is 24.0 Å². The molecular weight excluding hydrogens is 430 g/mol. The number of carbonyl (C=O) groups excluding carboxylic acids is 5. The fourth-order valence-corrected chi connectivity index (χ4v) is 4.29. The summed E-state index contributed by atoms with van der Waals surface area (Å²) < 4.78 is 0. The van der Waals surface area contributed by atoms with Crippen LogP contribution in [0.25, 0.3) is 0 Å². The van der Waals surface area contributed by atoms with Crippen LogP contribution in [0.5, 0.6) is 0 Å². The highest BCUT2D eigenvalue weighted by molar-refractivity contribution is 7.98. The normalized spacial score (nSPS) is 20.2. The van der Waals surface area contributed by atoms with Gasteiger partial charge in [-0.15, -0.1) is 11.8 Å². The van der Waals surface area contributed by atoms with Gasteiger partial charge in [-0.2, -0.15) is 0 Å². The van der Waals surface area contributed by atoms with Crippen LogP contribution in [-0.2, 0) is 16.1 Å². The standard InChI is InChI=1S/C23H21N3O5S/c1-23(10-9-18(27)25-22(23)31)26-20(29)16-8-3-13(11-17(16)21(26)30)12-24-19(28)14-4-6-15(32-2)7-5-14/h3-8,11H,9-10,12H2,1-2H3,(H,24,28)(H,25,27,31)/t23-/m0/s1. The number of thioether (sulfide) groups is 1. The third-order valence-electron chi connectivity index (χ3n) is 5.83. The number of benzene rings is 2. The molecule has 164 valence electrons. The SMILES string of the molecule is CSc1ccc(C(=O)NCc2ccc3c(c2)C(=O)N([C@@]2(C)CCC(=O)NC2=O)C3=O)cc1. The Hall–Kier alpha value is -3.46. The zero-order chi connectivity index (χ0) is 23.0. The molecule has 0 saturated carbocycles. The largest absolute Gasteiger partial charge is 0.348 e. The highest BCUT2D eigenvalue weighted by Gasteiger charge is 2.52. The molecule has 8 nitrogen and oxygen atoms in total. The maximum Gasteiger partial charge on any atom is 0.262 e. The molecule has 0 radical (unpaired) electrons. The van der Waals surface area contributed by atoms with Crippen LogP contribution in [0.1, 0.15) is 56.4 Å². The summed E-state index contributed by atoms with van der Waals surface area (Å²) in [6.45, 7) is 1.66. The first-order valence-corrected chi connectivity index (χ1v) is 11.3. The Morgan fingerprint density at radius 1 is 1.06 bits per heavy atom. The third-order valence-corrected chi connectivity index (χ3v) is 6.57. The second-order valence-corrected chi connectivity index (χ2v) is 8.77. The highest BCUT2D eigenvalue weighted by atomic mass is 32.2. The second kappa shape index (κ2) is 8.23. The molecule has 32 heavy (non-hydrogen) atoms. The third kappa shape index (κ3) is 3.69. The molecule has 1 fully saturated rings. The number of imide groups is 2. The summed E-state index contributed by atoms with van der Waals surface area (Å²) in [5.74, 6) is -2.49. The first-order valence-electron chi connectivity index (χ1n) is 10.0. The van der Waals surface area contributed by atoms with Gasteiger partial charge in [0.2, 0.25) is 5.91 Å². The van der Waals surface area contributed by atoms with Crippen molar-refractivity contribution >= 4 is 41.3 Å². The molecule has 4 rings (SSSR count). The van der Waals surface area contributed by atoms with Crippen molar-refractivity contribution in [3.05, 3.63) is 64.7 Å². The van der Waals surface area contributed by atoms with Crippen LogP contribution in [0.4, 0.5) is 0 Å². The molecule has 0 unspecified atom stereocenters. The molecule has 0 spiro atoms. The average Bonchev–Trinajstić information content (AvgIpc) is 3.05. The van der Waals surface area contributed by atoms with E-state index in [4.69, 9.17) is 0 Å². The van der Waals surface area contributed by atoms with Crippen LogP contribution < -0.4 is 10.6 Å². The summed E-state index contributed by atoms with van der Waals surface area (Å²) in [5.41, 5.74) is 0.111. The lowest BCUT2D eigenvalue weighted by Gasteiger charge is -2.38. The quantitative estimate of drug-likeness (QED) is 0.532. The number of fused-ring (bicyclic) bond motifs is 1. The second-order valence-electron chi connectivity index (χ2n) is 7.89. The number of rotatable bonds is 5. The monoisotopic (exact) mass is 451 g/mol. The zero-order valence-corrected chi connectivity index (χ0v) is 18.4. The molecule has 9 heteroatoms. The molecule has 1 saturated heterocycles. The van der Waals surface area contributed by atoms with Crippen molar-refractivity contribution in [1.29, 1.82) is 0 Å². The van der Waals surface area contributed by atoms with Crippen molar-refractivity contribution in [2.45, 2.75) is 36.7 Å². The molecule has 2 aromatic rings. The molecule has 0 bridgehead atoms. The van der Waals surface area contributed by atoms with Gasteiger partial charge >= 0.3 is 0 Å². The Labute approximate surface area is 188 Å². The van der Waals surface area contributed by atoms with Crippen molar-refractivity contribution in [3.63, 3.8) is 0 Å². The predicted molar refractivity (Wildman–Crippen MR) is 117 cm³/mol. The van der Waals surface area contributed by atoms with Crippen molar-refractivity contribution in [2.24, 2.45) is 0 Å². The van der Waals surface area contributed by atoms with Gasteiger partial charge < -0.3 is 5.32 Å². The van der Waals surface area contributed by atoms with Gasteiger partial charge in [-0.3, -0.25) is 34.2 Å². The van der Waals surface area contributed by atoms with E-state index in [1.165, 1.54) is 13.0 Å². The topological polar surface area (TPSA) is 113 Å². The van der Waals surface area contributed by atoms with Crippen molar-refractivity contribution < 1.29 is 24.0 Å². The molecule has 5 amide bonds. The Bertz CT molecular complexity index is 1160. The molecule has 2 aliphatic heterocycles. The number of carbonyl (C=O) groups is 5. The average molecular weight is 452 g/mol. The molecule has 2 N–H and O–H groups in total. The summed E-state index contributed by atoms with van der Waals surface area (Å²) in [6.07, 6.45) is 2.07. The molecule has 2 aliphatic rings. The maximum absolute atomic E-state index is 13.1. The lowest BCUT2D eigenvalue weighted by Crippen LogP contribution is -2.62. The van der Waals surface area contributed by atoms with Crippen LogP contribution >= 0.6 is 11.8 Å². The van der Waals surface area contributed by atoms with Crippen LogP contribution in [-0.4, -0.2) is 46.2 Å². The van der Waals surface area contributed by atoms with Crippen LogP contribution in [0, 0.1) is 0 Å². The van der Waals surface area contributed by atoms with Crippen molar-refractivity contribution in [1.82, 2.24) is 15.5 Å². The minimum absolute atomic E-state index is 0.0465. The van der Waals surface area contributed by atoms with E-state index in [0.717, 1.165) is 9.80 Å². The summed E-state index contributed by atoms with van der Waals surface area (Å²) in [7, 11) is 0. The van der Waals surface area contributed by atoms with Crippen LogP contribution in [0.15, 0.2) is 47.4 Å². The molecule has 2 aromatic carbocycles. The van der Waals surface area contributed by atoms with E-state index in [2.05, 4.69) is 10.6 Å². The number of hydrogen-bond donors (Lipinski definition) is 2. The smallest absolute Gasteiger partial charge is 0.262 e. The van der Waals surface area contributed by atoms with E-state index < -0.39 is 29.2 Å². The molecular formula is C23H21N3O5S. The lowest BCUT2D eigenvalue weighted by molar-refractivity contribution is -0.140. The van der Waals surface area contributed by atoms with Gasteiger partial charge in [-0.1, -0.05) is 6.07 Å². The molecule has 0 aromatic heterocycles. The lowest BCUT2D eigenvalue weighted by atomic mass is 9.89. The maximum atomic E-state index is 13.1. The fourth-order valence-electron chi connectivity index (χ4n) is 3.88. The predicted octanol–water partition coefficient (Wildman–Crippen LogP) is 2.13. The van der Waals surface area contributed by atoms with Crippen LogP contribution in [0.3, 0.4) is 0 Å². The molecule has 2 heterocycles. The number of nitrogens with one attached hydrogen (secondary N) is 2. The first-order chi connectivity index (χ1) is 15.2. The van der Waals surface area contributed by atoms with E-state index >= 15 is 0 Å². The summed E-state index contributed by atoms with van der Waals surface area (Å²) in [5, 5.41) is 5.02. The summed E-state index contributed by atoms with van der Waals surface area (Å²) in [4.78, 5) is 64.3. The van der Waals surface area contributed by atoms with Gasteiger partial charge in [-0.25, -0.2) is 0 Å². The summed E-state index contributed by atoms with van der Waals surface area (Å²) in [6, 6.07) is 12.0.